The van der Waals surface area contributed by atoms with E-state index in [2.05, 4.69) is 5.32 Å². The minimum atomic E-state index is -0.806. The molecule has 1 aliphatic rings. The molecule has 0 aromatic carbocycles. The van der Waals surface area contributed by atoms with E-state index in [4.69, 9.17) is 11.6 Å². The highest BCUT2D eigenvalue weighted by molar-refractivity contribution is 6.64. The summed E-state index contributed by atoms with van der Waals surface area (Å²) in [5.74, 6) is 0. The van der Waals surface area contributed by atoms with Gasteiger partial charge in [0.15, 0.2) is 0 Å². The number of halogens is 1. The van der Waals surface area contributed by atoms with Crippen LogP contribution in [-0.2, 0) is 0 Å². The van der Waals surface area contributed by atoms with E-state index in [1.54, 1.807) is 4.90 Å². The summed E-state index contributed by atoms with van der Waals surface area (Å²) in [6.45, 7) is 1.44. The highest BCUT2D eigenvalue weighted by atomic mass is 35.5. The fraction of sp³-hybridized carbons (Fsp3) is 0.800. The van der Waals surface area contributed by atoms with Crippen LogP contribution in [0.2, 0.25) is 0 Å². The number of imide groups is 1. The standard InChI is InChI=1S/C10H17ClN2O2/c11-9(14)12-10(15)13-7-5-3-1-2-4-6-8-13/h1-8H2,(H,12,14,15). The second kappa shape index (κ2) is 6.67. The second-order valence-corrected chi connectivity index (χ2v) is 4.16. The molecule has 5 heteroatoms. The molecule has 0 aliphatic carbocycles. The van der Waals surface area contributed by atoms with Crippen LogP contribution in [0.1, 0.15) is 38.5 Å². The normalized spacial score (nSPS) is 18.6. The first kappa shape index (κ1) is 12.3. The first-order chi connectivity index (χ1) is 7.20. The Morgan fingerprint density at radius 1 is 0.933 bits per heavy atom. The Balaban J connectivity index is 2.41. The van der Waals surface area contributed by atoms with Gasteiger partial charge >= 0.3 is 11.4 Å². The van der Waals surface area contributed by atoms with Crippen LogP contribution in [0.5, 0.6) is 0 Å². The van der Waals surface area contributed by atoms with Crippen LogP contribution in [0.25, 0.3) is 0 Å². The maximum atomic E-state index is 11.5. The van der Waals surface area contributed by atoms with Crippen molar-refractivity contribution < 1.29 is 9.59 Å². The first-order valence-electron chi connectivity index (χ1n) is 5.45. The number of nitrogens with one attached hydrogen (secondary N) is 1. The number of nitrogens with zero attached hydrogens (tertiary/aromatic N) is 1. The molecule has 0 radical (unpaired) electrons. The van der Waals surface area contributed by atoms with Crippen molar-refractivity contribution in [2.24, 2.45) is 0 Å². The molecule has 0 aromatic rings. The van der Waals surface area contributed by atoms with Gasteiger partial charge in [-0.1, -0.05) is 25.7 Å². The van der Waals surface area contributed by atoms with E-state index in [1.807, 2.05) is 0 Å². The minimum absolute atomic E-state index is 0.364. The predicted molar refractivity (Wildman–Crippen MR) is 59.1 cm³/mol. The molecule has 1 fully saturated rings. The molecular weight excluding hydrogens is 216 g/mol. The highest BCUT2D eigenvalue weighted by Gasteiger charge is 2.15. The molecule has 0 bridgehead atoms. The van der Waals surface area contributed by atoms with E-state index in [-0.39, 0.29) is 6.03 Å². The molecule has 0 atom stereocenters. The summed E-state index contributed by atoms with van der Waals surface area (Å²) in [7, 11) is 0. The van der Waals surface area contributed by atoms with Gasteiger partial charge in [-0.3, -0.25) is 10.1 Å². The van der Waals surface area contributed by atoms with Crippen molar-refractivity contribution in [1.29, 1.82) is 0 Å². The molecule has 0 unspecified atom stereocenters. The van der Waals surface area contributed by atoms with Gasteiger partial charge in [-0.25, -0.2) is 4.79 Å². The molecule has 3 amide bonds. The van der Waals surface area contributed by atoms with Crippen molar-refractivity contribution in [3.8, 4) is 0 Å². The van der Waals surface area contributed by atoms with Crippen molar-refractivity contribution in [2.45, 2.75) is 38.5 Å². The molecule has 1 saturated heterocycles. The highest BCUT2D eigenvalue weighted by Crippen LogP contribution is 2.11. The summed E-state index contributed by atoms with van der Waals surface area (Å²) in [4.78, 5) is 23.7. The molecule has 86 valence electrons. The molecule has 1 heterocycles. The monoisotopic (exact) mass is 232 g/mol. The zero-order valence-electron chi connectivity index (χ0n) is 8.80. The number of carbonyl (C=O) groups excluding carboxylic acids is 2. The van der Waals surface area contributed by atoms with Crippen molar-refractivity contribution >= 4 is 23.0 Å². The average Bonchev–Trinajstić information content (AvgIpc) is 2.29. The second-order valence-electron chi connectivity index (χ2n) is 3.81. The van der Waals surface area contributed by atoms with Crippen molar-refractivity contribution in [1.82, 2.24) is 10.2 Å². The largest absolute Gasteiger partial charge is 0.325 e. The number of rotatable bonds is 0. The topological polar surface area (TPSA) is 49.4 Å². The molecule has 1 aliphatic heterocycles. The summed E-state index contributed by atoms with van der Waals surface area (Å²) in [6, 6.07) is -0.364. The Labute approximate surface area is 95.0 Å². The third-order valence-electron chi connectivity index (χ3n) is 2.60. The molecule has 15 heavy (non-hydrogen) atoms. The number of urea groups is 1. The zero-order valence-corrected chi connectivity index (χ0v) is 9.55. The summed E-state index contributed by atoms with van der Waals surface area (Å²) >= 11 is 5.10. The Kier molecular flexibility index (Phi) is 5.47. The van der Waals surface area contributed by atoms with Crippen molar-refractivity contribution in [3.63, 3.8) is 0 Å². The summed E-state index contributed by atoms with van der Waals surface area (Å²) in [5, 5.41) is 1.29. The van der Waals surface area contributed by atoms with E-state index < -0.39 is 5.37 Å². The summed E-state index contributed by atoms with van der Waals surface area (Å²) in [5.41, 5.74) is 0. The number of amides is 3. The lowest BCUT2D eigenvalue weighted by atomic mass is 10.1. The van der Waals surface area contributed by atoms with E-state index in [0.29, 0.717) is 0 Å². The van der Waals surface area contributed by atoms with Crippen molar-refractivity contribution in [2.75, 3.05) is 13.1 Å². The zero-order chi connectivity index (χ0) is 11.1. The van der Waals surface area contributed by atoms with Crippen LogP contribution >= 0.6 is 11.6 Å². The van der Waals surface area contributed by atoms with Gasteiger partial charge in [0.2, 0.25) is 0 Å². The van der Waals surface area contributed by atoms with Crippen LogP contribution in [0.4, 0.5) is 9.59 Å². The number of carbonyl (C=O) groups is 2. The third-order valence-corrected chi connectivity index (χ3v) is 2.69. The van der Waals surface area contributed by atoms with Gasteiger partial charge in [0.1, 0.15) is 0 Å². The Morgan fingerprint density at radius 3 is 1.87 bits per heavy atom. The van der Waals surface area contributed by atoms with Gasteiger partial charge in [0.25, 0.3) is 0 Å². The fourth-order valence-corrected chi connectivity index (χ4v) is 1.87. The molecule has 0 saturated carbocycles. The molecule has 1 N–H and O–H groups in total. The van der Waals surface area contributed by atoms with Crippen molar-refractivity contribution in [3.05, 3.63) is 0 Å². The predicted octanol–water partition coefficient (Wildman–Crippen LogP) is 2.71. The van der Waals surface area contributed by atoms with Crippen LogP contribution in [0.15, 0.2) is 0 Å². The molecular formula is C10H17ClN2O2. The summed E-state index contributed by atoms with van der Waals surface area (Å²) < 4.78 is 0. The molecule has 4 nitrogen and oxygen atoms in total. The molecule has 0 aromatic heterocycles. The van der Waals surface area contributed by atoms with Crippen LogP contribution < -0.4 is 5.32 Å². The molecule has 0 spiro atoms. The lowest BCUT2D eigenvalue weighted by Crippen LogP contribution is -2.41. The van der Waals surface area contributed by atoms with Crippen LogP contribution in [-0.4, -0.2) is 29.4 Å². The van der Waals surface area contributed by atoms with Gasteiger partial charge in [0, 0.05) is 13.1 Å². The number of hydrogen-bond acceptors (Lipinski definition) is 2. The van der Waals surface area contributed by atoms with Gasteiger partial charge in [0.05, 0.1) is 0 Å². The SMILES string of the molecule is O=C(Cl)NC(=O)N1CCCCCCCC1. The number of hydrogen-bond donors (Lipinski definition) is 1. The third kappa shape index (κ3) is 5.02. The van der Waals surface area contributed by atoms with Crippen LogP contribution in [0.3, 0.4) is 0 Å². The Hall–Kier alpha value is -0.770. The Bertz CT molecular complexity index is 223. The summed E-state index contributed by atoms with van der Waals surface area (Å²) in [6.07, 6.45) is 6.79. The fourth-order valence-electron chi connectivity index (χ4n) is 1.79. The maximum absolute atomic E-state index is 11.5. The average molecular weight is 233 g/mol. The molecule has 1 rings (SSSR count). The maximum Gasteiger partial charge on any atom is 0.325 e. The van der Waals surface area contributed by atoms with E-state index >= 15 is 0 Å². The van der Waals surface area contributed by atoms with Crippen LogP contribution in [0, 0.1) is 0 Å². The Morgan fingerprint density at radius 2 is 1.40 bits per heavy atom. The lowest BCUT2D eigenvalue weighted by molar-refractivity contribution is 0.197. The van der Waals surface area contributed by atoms with Gasteiger partial charge in [-0.05, 0) is 24.4 Å². The van der Waals surface area contributed by atoms with E-state index in [9.17, 15) is 9.59 Å². The van der Waals surface area contributed by atoms with Gasteiger partial charge in [-0.2, -0.15) is 0 Å². The van der Waals surface area contributed by atoms with E-state index in [1.165, 1.54) is 12.8 Å². The lowest BCUT2D eigenvalue weighted by Gasteiger charge is -2.21. The minimum Gasteiger partial charge on any atom is -0.324 e. The van der Waals surface area contributed by atoms with E-state index in [0.717, 1.165) is 38.8 Å². The quantitative estimate of drug-likeness (QED) is 0.516. The van der Waals surface area contributed by atoms with Gasteiger partial charge < -0.3 is 4.90 Å². The first-order valence-corrected chi connectivity index (χ1v) is 5.83. The smallest absolute Gasteiger partial charge is 0.324 e. The van der Waals surface area contributed by atoms with Gasteiger partial charge in [-0.15, -0.1) is 0 Å².